The molecule has 24 heavy (non-hydrogen) atoms. The third-order valence-corrected chi connectivity index (χ3v) is 5.13. The number of non-ortho nitro benzene ring substituents is 1. The lowest BCUT2D eigenvalue weighted by Crippen LogP contribution is -2.22. The van der Waals surface area contributed by atoms with E-state index in [1.807, 2.05) is 0 Å². The minimum absolute atomic E-state index is 0.0841. The van der Waals surface area contributed by atoms with E-state index in [9.17, 15) is 14.9 Å². The molecule has 0 aliphatic carbocycles. The third kappa shape index (κ3) is 3.08. The fourth-order valence-electron chi connectivity index (χ4n) is 2.07. The number of likely N-dealkylation sites (N-methyl/N-ethyl adjacent to an activating group) is 1. The second kappa shape index (κ2) is 6.39. The number of carbonyl (C=O) groups excluding carboxylic acids is 1. The van der Waals surface area contributed by atoms with E-state index in [2.05, 4.69) is 0 Å². The van der Waals surface area contributed by atoms with Gasteiger partial charge in [-0.3, -0.25) is 19.8 Å². The molecule has 0 unspecified atom stereocenters. The molecule has 1 aromatic carbocycles. The number of nitrogens with zero attached hydrogens (tertiary/aromatic N) is 2. The maximum Gasteiger partial charge on any atom is 0.270 e. The Labute approximate surface area is 151 Å². The lowest BCUT2D eigenvalue weighted by molar-refractivity contribution is -0.384. The largest absolute Gasteiger partial charge is 0.457 e. The summed E-state index contributed by atoms with van der Waals surface area (Å²) in [5.74, 6) is 0.611. The molecule has 9 heteroatoms. The summed E-state index contributed by atoms with van der Waals surface area (Å²) in [6.07, 6.45) is 1.58. The van der Waals surface area contributed by atoms with Gasteiger partial charge in [-0.15, -0.1) is 0 Å². The van der Waals surface area contributed by atoms with Crippen molar-refractivity contribution in [2.45, 2.75) is 0 Å². The van der Waals surface area contributed by atoms with E-state index in [1.54, 1.807) is 25.3 Å². The Kier molecular flexibility index (Phi) is 4.44. The SMILES string of the molecule is CN1C(=O)/C(=C\c2ccc(-c3cc([N+](=O)[O-])ccc3Cl)o2)SC1=S. The summed E-state index contributed by atoms with van der Waals surface area (Å²) in [6.45, 7) is 0. The van der Waals surface area contributed by atoms with Gasteiger partial charge in [0.25, 0.3) is 11.6 Å². The van der Waals surface area contributed by atoms with Crippen molar-refractivity contribution in [3.63, 3.8) is 0 Å². The van der Waals surface area contributed by atoms with Crippen LogP contribution in [0.25, 0.3) is 17.4 Å². The molecule has 122 valence electrons. The van der Waals surface area contributed by atoms with E-state index in [4.69, 9.17) is 28.2 Å². The summed E-state index contributed by atoms with van der Waals surface area (Å²) in [5.41, 5.74) is 0.327. The zero-order chi connectivity index (χ0) is 17.4. The molecule has 3 rings (SSSR count). The lowest BCUT2D eigenvalue weighted by Gasteiger charge is -2.03. The number of rotatable bonds is 3. The average Bonchev–Trinajstić information content (AvgIpc) is 3.09. The van der Waals surface area contributed by atoms with Gasteiger partial charge >= 0.3 is 0 Å². The predicted molar refractivity (Wildman–Crippen MR) is 96.7 cm³/mol. The first-order valence-electron chi connectivity index (χ1n) is 6.62. The molecule has 0 N–H and O–H groups in total. The van der Waals surface area contributed by atoms with Gasteiger partial charge in [0.15, 0.2) is 0 Å². The van der Waals surface area contributed by atoms with Crippen molar-refractivity contribution >= 4 is 57.6 Å². The Balaban J connectivity index is 1.95. The van der Waals surface area contributed by atoms with Gasteiger partial charge in [0.2, 0.25) is 0 Å². The van der Waals surface area contributed by atoms with Crippen LogP contribution in [0.3, 0.4) is 0 Å². The summed E-state index contributed by atoms with van der Waals surface area (Å²) in [7, 11) is 1.61. The van der Waals surface area contributed by atoms with Crippen molar-refractivity contribution in [2.75, 3.05) is 7.05 Å². The molecule has 6 nitrogen and oxygen atoms in total. The normalized spacial score (nSPS) is 16.2. The van der Waals surface area contributed by atoms with Gasteiger partial charge in [-0.25, -0.2) is 0 Å². The second-order valence-electron chi connectivity index (χ2n) is 4.86. The van der Waals surface area contributed by atoms with Crippen molar-refractivity contribution in [1.29, 1.82) is 0 Å². The van der Waals surface area contributed by atoms with Crippen LogP contribution in [0, 0.1) is 10.1 Å². The minimum Gasteiger partial charge on any atom is -0.457 e. The molecular weight excluding hydrogens is 372 g/mol. The summed E-state index contributed by atoms with van der Waals surface area (Å²) < 4.78 is 6.13. The number of benzene rings is 1. The smallest absolute Gasteiger partial charge is 0.270 e. The highest BCUT2D eigenvalue weighted by Crippen LogP contribution is 2.35. The van der Waals surface area contributed by atoms with Crippen molar-refractivity contribution in [3.8, 4) is 11.3 Å². The van der Waals surface area contributed by atoms with Gasteiger partial charge < -0.3 is 4.42 Å². The van der Waals surface area contributed by atoms with Gasteiger partial charge in [-0.1, -0.05) is 35.6 Å². The maximum absolute atomic E-state index is 12.0. The average molecular weight is 381 g/mol. The molecule has 0 spiro atoms. The molecule has 2 heterocycles. The van der Waals surface area contributed by atoms with Crippen LogP contribution in [0.1, 0.15) is 5.76 Å². The molecule has 1 aliphatic heterocycles. The van der Waals surface area contributed by atoms with E-state index in [1.165, 1.54) is 34.9 Å². The maximum atomic E-state index is 12.0. The van der Waals surface area contributed by atoms with E-state index >= 15 is 0 Å². The Bertz CT molecular complexity index is 907. The molecule has 1 saturated heterocycles. The van der Waals surface area contributed by atoms with Gasteiger partial charge in [0, 0.05) is 30.8 Å². The molecule has 1 amide bonds. The number of furan rings is 1. The van der Waals surface area contributed by atoms with Crippen molar-refractivity contribution in [2.24, 2.45) is 0 Å². The van der Waals surface area contributed by atoms with Gasteiger partial charge in [0.1, 0.15) is 15.8 Å². The highest BCUT2D eigenvalue weighted by molar-refractivity contribution is 8.26. The molecule has 0 saturated carbocycles. The Morgan fingerprint density at radius 3 is 2.75 bits per heavy atom. The van der Waals surface area contributed by atoms with Crippen molar-refractivity contribution < 1.29 is 14.1 Å². The monoisotopic (exact) mass is 380 g/mol. The van der Waals surface area contributed by atoms with Gasteiger partial charge in [-0.2, -0.15) is 0 Å². The van der Waals surface area contributed by atoms with E-state index in [0.717, 1.165) is 0 Å². The fourth-order valence-corrected chi connectivity index (χ4v) is 3.44. The molecule has 1 fully saturated rings. The molecule has 2 aromatic rings. The summed E-state index contributed by atoms with van der Waals surface area (Å²) in [6, 6.07) is 7.41. The number of amides is 1. The van der Waals surface area contributed by atoms with E-state index < -0.39 is 4.92 Å². The number of hydrogen-bond donors (Lipinski definition) is 0. The summed E-state index contributed by atoms with van der Waals surface area (Å²) in [4.78, 5) is 24.2. The first kappa shape index (κ1) is 16.7. The van der Waals surface area contributed by atoms with Gasteiger partial charge in [0.05, 0.1) is 14.9 Å². The van der Waals surface area contributed by atoms with Crippen LogP contribution >= 0.6 is 35.6 Å². The van der Waals surface area contributed by atoms with Crippen LogP contribution in [0.4, 0.5) is 5.69 Å². The zero-order valence-electron chi connectivity index (χ0n) is 12.2. The number of nitro groups is 1. The molecule has 0 bridgehead atoms. The predicted octanol–water partition coefficient (Wildman–Crippen LogP) is 4.34. The second-order valence-corrected chi connectivity index (χ2v) is 6.95. The standard InChI is InChI=1S/C15H9ClN2O4S2/c1-17-14(19)13(24-15(17)23)7-9-3-5-12(22-9)10-6-8(18(20)21)2-4-11(10)16/h2-7H,1H3/b13-7+. The molecule has 1 aromatic heterocycles. The summed E-state index contributed by atoms with van der Waals surface area (Å²) >= 11 is 12.3. The number of thioether (sulfide) groups is 1. The number of halogens is 1. The van der Waals surface area contributed by atoms with E-state index in [0.29, 0.717) is 31.3 Å². The number of thiocarbonyl (C=S) groups is 1. The van der Waals surface area contributed by atoms with E-state index in [-0.39, 0.29) is 11.6 Å². The minimum atomic E-state index is -0.504. The third-order valence-electron chi connectivity index (χ3n) is 3.31. The van der Waals surface area contributed by atoms with Crippen molar-refractivity contribution in [1.82, 2.24) is 4.90 Å². The summed E-state index contributed by atoms with van der Waals surface area (Å²) in [5, 5.41) is 11.2. The van der Waals surface area contributed by atoms with Crippen molar-refractivity contribution in [3.05, 3.63) is 56.1 Å². The number of nitro benzene ring substituents is 1. The quantitative estimate of drug-likeness (QED) is 0.341. The fraction of sp³-hybridized carbons (Fsp3) is 0.0667. The molecular formula is C15H9ClN2O4S2. The van der Waals surface area contributed by atoms with Crippen LogP contribution < -0.4 is 0 Å². The number of carbonyl (C=O) groups is 1. The zero-order valence-corrected chi connectivity index (χ0v) is 14.6. The Morgan fingerprint density at radius 1 is 1.38 bits per heavy atom. The Hall–Kier alpha value is -2.16. The van der Waals surface area contributed by atoms with Crippen LogP contribution in [0.5, 0.6) is 0 Å². The molecule has 0 radical (unpaired) electrons. The lowest BCUT2D eigenvalue weighted by atomic mass is 10.1. The Morgan fingerprint density at radius 2 is 2.12 bits per heavy atom. The highest BCUT2D eigenvalue weighted by atomic mass is 35.5. The first-order chi connectivity index (χ1) is 11.4. The topological polar surface area (TPSA) is 76.6 Å². The van der Waals surface area contributed by atoms with Crippen LogP contribution in [0.15, 0.2) is 39.7 Å². The molecule has 1 aliphatic rings. The first-order valence-corrected chi connectivity index (χ1v) is 8.23. The molecule has 0 atom stereocenters. The number of hydrogen-bond acceptors (Lipinski definition) is 6. The highest BCUT2D eigenvalue weighted by Gasteiger charge is 2.29. The van der Waals surface area contributed by atoms with Crippen LogP contribution in [-0.4, -0.2) is 27.1 Å². The van der Waals surface area contributed by atoms with Crippen LogP contribution in [0.2, 0.25) is 5.02 Å². The van der Waals surface area contributed by atoms with Gasteiger partial charge in [-0.05, 0) is 18.2 Å². The van der Waals surface area contributed by atoms with Crippen LogP contribution in [-0.2, 0) is 4.79 Å².